The van der Waals surface area contributed by atoms with Gasteiger partial charge in [-0.25, -0.2) is 0 Å². The summed E-state index contributed by atoms with van der Waals surface area (Å²) >= 11 is 0. The standard InChI is InChI=1S/C29H38O2Si/c1-21(30)24-18-13-19-25-26(24)20-29(5,6)27(25)31-32(28(2,3)4,22-14-9-7-10-15-22)23-16-11-8-12-17-23/h7-17,19,24-27H,18,20H2,1-6H3/t24-,25+,26-,27-/m1/s1. The van der Waals surface area contributed by atoms with Crippen LogP contribution in [0.5, 0.6) is 0 Å². The molecule has 4 atom stereocenters. The quantitative estimate of drug-likeness (QED) is 0.431. The van der Waals surface area contributed by atoms with E-state index in [9.17, 15) is 4.79 Å². The Bertz CT molecular complexity index is 932. The molecular formula is C29H38O2Si. The smallest absolute Gasteiger partial charge is 0.261 e. The van der Waals surface area contributed by atoms with E-state index in [1.54, 1.807) is 6.92 Å². The van der Waals surface area contributed by atoms with Gasteiger partial charge in [-0.15, -0.1) is 0 Å². The molecule has 2 aliphatic carbocycles. The second-order valence-electron chi connectivity index (χ2n) is 11.5. The summed E-state index contributed by atoms with van der Waals surface area (Å²) < 4.78 is 7.62. The molecule has 0 saturated heterocycles. The average Bonchev–Trinajstić information content (AvgIpc) is 3.01. The van der Waals surface area contributed by atoms with Gasteiger partial charge in [0, 0.05) is 11.8 Å². The number of allylic oxidation sites excluding steroid dienone is 1. The van der Waals surface area contributed by atoms with Crippen LogP contribution in [-0.2, 0) is 9.22 Å². The number of Topliss-reactive ketones (excluding diaryl/α,β-unsaturated/α-hetero) is 1. The van der Waals surface area contributed by atoms with Crippen molar-refractivity contribution in [2.24, 2.45) is 23.2 Å². The van der Waals surface area contributed by atoms with E-state index in [1.165, 1.54) is 10.4 Å². The lowest BCUT2D eigenvalue weighted by Gasteiger charge is -2.48. The number of carbonyl (C=O) groups is 1. The molecular weight excluding hydrogens is 408 g/mol. The van der Waals surface area contributed by atoms with E-state index in [0.29, 0.717) is 11.7 Å². The fourth-order valence-corrected chi connectivity index (χ4v) is 11.3. The summed E-state index contributed by atoms with van der Waals surface area (Å²) in [6.45, 7) is 13.5. The minimum atomic E-state index is -2.65. The van der Waals surface area contributed by atoms with E-state index in [0.717, 1.165) is 12.8 Å². The number of ketones is 1. The number of benzene rings is 2. The Labute approximate surface area is 195 Å². The normalized spacial score (nSPS) is 27.2. The van der Waals surface area contributed by atoms with Crippen LogP contribution < -0.4 is 10.4 Å². The number of carbonyl (C=O) groups excluding carboxylic acids is 1. The minimum absolute atomic E-state index is 0.00474. The molecule has 0 aromatic heterocycles. The number of rotatable bonds is 5. The first-order valence-corrected chi connectivity index (χ1v) is 13.9. The van der Waals surface area contributed by atoms with E-state index in [1.807, 2.05) is 0 Å². The second kappa shape index (κ2) is 8.42. The van der Waals surface area contributed by atoms with Crippen LogP contribution in [0.4, 0.5) is 0 Å². The maximum absolute atomic E-state index is 12.5. The van der Waals surface area contributed by atoms with Gasteiger partial charge in [0.25, 0.3) is 8.32 Å². The van der Waals surface area contributed by atoms with Crippen molar-refractivity contribution < 1.29 is 9.22 Å². The Hall–Kier alpha value is -1.97. The van der Waals surface area contributed by atoms with Crippen LogP contribution in [0.1, 0.15) is 54.4 Å². The highest BCUT2D eigenvalue weighted by Crippen LogP contribution is 2.54. The van der Waals surface area contributed by atoms with Crippen molar-refractivity contribution in [2.45, 2.75) is 65.5 Å². The zero-order valence-electron chi connectivity index (χ0n) is 20.5. The van der Waals surface area contributed by atoms with Crippen LogP contribution in [0.3, 0.4) is 0 Å². The Morgan fingerprint density at radius 2 is 1.50 bits per heavy atom. The van der Waals surface area contributed by atoms with Crippen LogP contribution in [-0.4, -0.2) is 20.2 Å². The molecule has 3 heteroatoms. The van der Waals surface area contributed by atoms with Crippen molar-refractivity contribution in [2.75, 3.05) is 0 Å². The van der Waals surface area contributed by atoms with E-state index in [2.05, 4.69) is 107 Å². The van der Waals surface area contributed by atoms with Gasteiger partial charge in [-0.2, -0.15) is 0 Å². The van der Waals surface area contributed by atoms with Crippen molar-refractivity contribution in [3.8, 4) is 0 Å². The van der Waals surface area contributed by atoms with Crippen LogP contribution in [0.2, 0.25) is 5.04 Å². The van der Waals surface area contributed by atoms with Crippen molar-refractivity contribution in [1.82, 2.24) is 0 Å². The van der Waals surface area contributed by atoms with E-state index >= 15 is 0 Å². The molecule has 170 valence electrons. The summed E-state index contributed by atoms with van der Waals surface area (Å²) in [5.41, 5.74) is 0.00474. The lowest BCUT2D eigenvalue weighted by molar-refractivity contribution is -0.122. The maximum atomic E-state index is 12.5. The first-order valence-electron chi connectivity index (χ1n) is 12.0. The molecule has 0 N–H and O–H groups in total. The third kappa shape index (κ3) is 3.84. The fraction of sp³-hybridized carbons (Fsp3) is 0.483. The molecule has 0 aliphatic heterocycles. The molecule has 2 aliphatic rings. The molecule has 0 heterocycles. The Kier molecular flexibility index (Phi) is 6.11. The molecule has 0 spiro atoms. The SMILES string of the molecule is CC(=O)[C@H]1CC=C[C@H]2[C@@H]1CC(C)(C)[C@@H]2O[Si](c1ccccc1)(c1ccccc1)C(C)(C)C. The van der Waals surface area contributed by atoms with E-state index in [4.69, 9.17) is 4.43 Å². The zero-order valence-corrected chi connectivity index (χ0v) is 21.5. The first kappa shape index (κ1) is 23.2. The highest BCUT2D eigenvalue weighted by Gasteiger charge is 2.58. The van der Waals surface area contributed by atoms with Gasteiger partial charge in [-0.3, -0.25) is 4.79 Å². The van der Waals surface area contributed by atoms with E-state index in [-0.39, 0.29) is 28.4 Å². The monoisotopic (exact) mass is 446 g/mol. The number of hydrogen-bond acceptors (Lipinski definition) is 2. The summed E-state index contributed by atoms with van der Waals surface area (Å²) in [5.74, 6) is 1.10. The first-order chi connectivity index (χ1) is 15.1. The average molecular weight is 447 g/mol. The molecule has 0 amide bonds. The predicted octanol–water partition coefficient (Wildman–Crippen LogP) is 5.76. The van der Waals surface area contributed by atoms with Gasteiger partial charge in [-0.1, -0.05) is 107 Å². The maximum Gasteiger partial charge on any atom is 0.261 e. The second-order valence-corrected chi connectivity index (χ2v) is 15.8. The Morgan fingerprint density at radius 3 is 1.97 bits per heavy atom. The van der Waals surface area contributed by atoms with Gasteiger partial charge in [0.2, 0.25) is 0 Å². The summed E-state index contributed by atoms with van der Waals surface area (Å²) in [5, 5.41) is 2.59. The van der Waals surface area contributed by atoms with Gasteiger partial charge in [-0.05, 0) is 46.5 Å². The molecule has 1 saturated carbocycles. The van der Waals surface area contributed by atoms with Crippen molar-refractivity contribution in [3.05, 3.63) is 72.8 Å². The Morgan fingerprint density at radius 1 is 0.969 bits per heavy atom. The third-order valence-corrected chi connectivity index (χ3v) is 12.9. The molecule has 2 nitrogen and oxygen atoms in total. The highest BCUT2D eigenvalue weighted by molar-refractivity contribution is 6.99. The van der Waals surface area contributed by atoms with E-state index < -0.39 is 8.32 Å². The Balaban J connectivity index is 1.87. The zero-order chi connectivity index (χ0) is 23.1. The van der Waals surface area contributed by atoms with Crippen LogP contribution in [0, 0.1) is 23.2 Å². The molecule has 32 heavy (non-hydrogen) atoms. The largest absolute Gasteiger partial charge is 0.403 e. The van der Waals surface area contributed by atoms with Crippen LogP contribution >= 0.6 is 0 Å². The molecule has 0 radical (unpaired) electrons. The van der Waals surface area contributed by atoms with Crippen LogP contribution in [0.25, 0.3) is 0 Å². The summed E-state index contributed by atoms with van der Waals surface area (Å²) in [6, 6.07) is 21.8. The van der Waals surface area contributed by atoms with Gasteiger partial charge < -0.3 is 4.43 Å². The summed E-state index contributed by atoms with van der Waals surface area (Å²) in [6.07, 6.45) is 6.59. The highest BCUT2D eigenvalue weighted by atomic mass is 28.4. The summed E-state index contributed by atoms with van der Waals surface area (Å²) in [4.78, 5) is 12.5. The third-order valence-electron chi connectivity index (χ3n) is 7.88. The molecule has 4 rings (SSSR count). The fourth-order valence-electron chi connectivity index (χ4n) is 6.40. The summed E-state index contributed by atoms with van der Waals surface area (Å²) in [7, 11) is -2.65. The van der Waals surface area contributed by atoms with Crippen molar-refractivity contribution in [3.63, 3.8) is 0 Å². The van der Waals surface area contributed by atoms with Gasteiger partial charge in [0.05, 0.1) is 6.10 Å². The molecule has 0 unspecified atom stereocenters. The molecule has 2 aromatic carbocycles. The van der Waals surface area contributed by atoms with Crippen LogP contribution in [0.15, 0.2) is 72.8 Å². The van der Waals surface area contributed by atoms with Crippen molar-refractivity contribution >= 4 is 24.5 Å². The molecule has 0 bridgehead atoms. The predicted molar refractivity (Wildman–Crippen MR) is 136 cm³/mol. The number of hydrogen-bond donors (Lipinski definition) is 0. The topological polar surface area (TPSA) is 26.3 Å². The number of fused-ring (bicyclic) bond motifs is 1. The lowest BCUT2D eigenvalue weighted by atomic mass is 9.75. The van der Waals surface area contributed by atoms with Gasteiger partial charge in [0.15, 0.2) is 0 Å². The lowest BCUT2D eigenvalue weighted by Crippen LogP contribution is -2.68. The van der Waals surface area contributed by atoms with Gasteiger partial charge in [0.1, 0.15) is 5.78 Å². The van der Waals surface area contributed by atoms with Crippen molar-refractivity contribution in [1.29, 1.82) is 0 Å². The minimum Gasteiger partial charge on any atom is -0.403 e. The molecule has 1 fully saturated rings. The van der Waals surface area contributed by atoms with Gasteiger partial charge >= 0.3 is 0 Å². The molecule has 2 aromatic rings.